The molecule has 134 valence electrons. The van der Waals surface area contributed by atoms with Crippen molar-refractivity contribution in [2.75, 3.05) is 13.2 Å². The Morgan fingerprint density at radius 2 is 1.80 bits per heavy atom. The summed E-state index contributed by atoms with van der Waals surface area (Å²) in [5.74, 6) is -0.449. The summed E-state index contributed by atoms with van der Waals surface area (Å²) < 4.78 is 32.2. The molecule has 0 unspecified atom stereocenters. The maximum Gasteiger partial charge on any atom is 0.338 e. The molecular formula is C18H21NO5S. The summed E-state index contributed by atoms with van der Waals surface area (Å²) >= 11 is 0. The number of benzene rings is 2. The molecule has 0 atom stereocenters. The van der Waals surface area contributed by atoms with Gasteiger partial charge in [-0.05, 0) is 61.7 Å². The Balaban J connectivity index is 1.81. The van der Waals surface area contributed by atoms with E-state index in [0.717, 1.165) is 5.56 Å². The van der Waals surface area contributed by atoms with Crippen molar-refractivity contribution in [2.45, 2.75) is 25.2 Å². The van der Waals surface area contributed by atoms with Gasteiger partial charge in [0.1, 0.15) is 5.75 Å². The van der Waals surface area contributed by atoms with Crippen LogP contribution in [-0.2, 0) is 14.8 Å². The van der Waals surface area contributed by atoms with Crippen LogP contribution < -0.4 is 4.72 Å². The molecule has 0 aliphatic carbocycles. The molecule has 2 aromatic carbocycles. The van der Waals surface area contributed by atoms with E-state index in [1.807, 2.05) is 13.0 Å². The lowest BCUT2D eigenvalue weighted by Crippen LogP contribution is -2.26. The van der Waals surface area contributed by atoms with E-state index in [9.17, 15) is 18.3 Å². The van der Waals surface area contributed by atoms with Crippen molar-refractivity contribution in [3.63, 3.8) is 0 Å². The Hall–Kier alpha value is -2.38. The van der Waals surface area contributed by atoms with E-state index in [1.165, 1.54) is 24.3 Å². The quantitative estimate of drug-likeness (QED) is 0.582. The summed E-state index contributed by atoms with van der Waals surface area (Å²) in [7, 11) is -3.59. The minimum absolute atomic E-state index is 0.0670. The summed E-state index contributed by atoms with van der Waals surface area (Å²) in [5.41, 5.74) is 1.87. The summed E-state index contributed by atoms with van der Waals surface area (Å²) in [5, 5.41) is 9.17. The van der Waals surface area contributed by atoms with Gasteiger partial charge in [0.05, 0.1) is 17.1 Å². The second kappa shape index (κ2) is 8.13. The Bertz CT molecular complexity index is 844. The molecule has 0 amide bonds. The zero-order valence-electron chi connectivity index (χ0n) is 14.2. The van der Waals surface area contributed by atoms with Gasteiger partial charge in [-0.2, -0.15) is 0 Å². The lowest BCUT2D eigenvalue weighted by atomic mass is 10.2. The fourth-order valence-electron chi connectivity index (χ4n) is 2.20. The van der Waals surface area contributed by atoms with Crippen LogP contribution in [0.3, 0.4) is 0 Å². The average Bonchev–Trinajstić information content (AvgIpc) is 2.57. The fourth-order valence-corrected chi connectivity index (χ4v) is 3.60. The van der Waals surface area contributed by atoms with Crippen molar-refractivity contribution < 1.29 is 23.1 Å². The third kappa shape index (κ3) is 5.30. The van der Waals surface area contributed by atoms with E-state index in [2.05, 4.69) is 4.72 Å². The van der Waals surface area contributed by atoms with E-state index >= 15 is 0 Å². The Labute approximate surface area is 147 Å². The van der Waals surface area contributed by atoms with Gasteiger partial charge in [0.2, 0.25) is 10.0 Å². The number of aryl methyl sites for hydroxylation is 2. The highest BCUT2D eigenvalue weighted by Crippen LogP contribution is 2.16. The monoisotopic (exact) mass is 363 g/mol. The van der Waals surface area contributed by atoms with Crippen molar-refractivity contribution in [1.82, 2.24) is 4.72 Å². The van der Waals surface area contributed by atoms with Crippen molar-refractivity contribution in [2.24, 2.45) is 0 Å². The molecule has 2 N–H and O–H groups in total. The van der Waals surface area contributed by atoms with Gasteiger partial charge in [0.25, 0.3) is 0 Å². The Morgan fingerprint density at radius 1 is 1.12 bits per heavy atom. The molecule has 0 saturated heterocycles. The number of esters is 1. The number of rotatable bonds is 7. The molecule has 0 bridgehead atoms. The van der Waals surface area contributed by atoms with Crippen LogP contribution in [0.25, 0.3) is 0 Å². The van der Waals surface area contributed by atoms with Crippen LogP contribution in [0.1, 0.15) is 27.9 Å². The van der Waals surface area contributed by atoms with Gasteiger partial charge in [0, 0.05) is 6.54 Å². The maximum atomic E-state index is 12.3. The second-order valence-corrected chi connectivity index (χ2v) is 7.44. The van der Waals surface area contributed by atoms with E-state index in [-0.39, 0.29) is 23.8 Å². The molecule has 0 aliphatic heterocycles. The molecule has 0 radical (unpaired) electrons. The Kier molecular flexibility index (Phi) is 6.17. The van der Waals surface area contributed by atoms with Crippen LogP contribution in [0.4, 0.5) is 0 Å². The van der Waals surface area contributed by atoms with Gasteiger partial charge in [-0.3, -0.25) is 0 Å². The van der Waals surface area contributed by atoms with Crippen LogP contribution in [0, 0.1) is 13.8 Å². The maximum absolute atomic E-state index is 12.3. The molecule has 0 fully saturated rings. The number of carbonyl (C=O) groups excluding carboxylic acids is 1. The topological polar surface area (TPSA) is 92.7 Å². The number of carbonyl (C=O) groups is 1. The fraction of sp³-hybridized carbons (Fsp3) is 0.278. The van der Waals surface area contributed by atoms with Crippen LogP contribution >= 0.6 is 0 Å². The SMILES string of the molecule is Cc1ccc(C)c(S(=O)(=O)NCCCOC(=O)c2ccc(O)cc2)c1. The zero-order chi connectivity index (χ0) is 18.4. The van der Waals surface area contributed by atoms with Crippen molar-refractivity contribution in [3.8, 4) is 5.75 Å². The normalized spacial score (nSPS) is 11.3. The summed E-state index contributed by atoms with van der Waals surface area (Å²) in [6, 6.07) is 11.0. The number of aromatic hydroxyl groups is 1. The van der Waals surface area contributed by atoms with Gasteiger partial charge in [-0.15, -0.1) is 0 Å². The van der Waals surface area contributed by atoms with E-state index in [4.69, 9.17) is 4.74 Å². The smallest absolute Gasteiger partial charge is 0.338 e. The third-order valence-corrected chi connectivity index (χ3v) is 5.19. The highest BCUT2D eigenvalue weighted by molar-refractivity contribution is 7.89. The molecule has 0 saturated carbocycles. The van der Waals surface area contributed by atoms with Gasteiger partial charge in [0.15, 0.2) is 0 Å². The van der Waals surface area contributed by atoms with Crippen LogP contribution in [0.5, 0.6) is 5.75 Å². The first-order valence-electron chi connectivity index (χ1n) is 7.83. The predicted octanol–water partition coefficient (Wildman–Crippen LogP) is 2.53. The zero-order valence-corrected chi connectivity index (χ0v) is 15.0. The van der Waals surface area contributed by atoms with Crippen molar-refractivity contribution >= 4 is 16.0 Å². The highest BCUT2D eigenvalue weighted by atomic mass is 32.2. The lowest BCUT2D eigenvalue weighted by molar-refractivity contribution is 0.0502. The molecular weight excluding hydrogens is 342 g/mol. The second-order valence-electron chi connectivity index (χ2n) is 5.70. The van der Waals surface area contributed by atoms with Gasteiger partial charge in [-0.25, -0.2) is 17.9 Å². The van der Waals surface area contributed by atoms with Gasteiger partial charge in [-0.1, -0.05) is 12.1 Å². The van der Waals surface area contributed by atoms with Crippen LogP contribution in [-0.4, -0.2) is 32.6 Å². The minimum atomic E-state index is -3.59. The molecule has 0 heterocycles. The molecule has 25 heavy (non-hydrogen) atoms. The molecule has 0 aliphatic rings. The van der Waals surface area contributed by atoms with Crippen molar-refractivity contribution in [1.29, 1.82) is 0 Å². The molecule has 7 heteroatoms. The first-order valence-corrected chi connectivity index (χ1v) is 9.31. The molecule has 0 spiro atoms. The predicted molar refractivity (Wildman–Crippen MR) is 94.1 cm³/mol. The van der Waals surface area contributed by atoms with Gasteiger partial charge >= 0.3 is 5.97 Å². The summed E-state index contributed by atoms with van der Waals surface area (Å²) in [4.78, 5) is 12.0. The highest BCUT2D eigenvalue weighted by Gasteiger charge is 2.16. The number of nitrogens with one attached hydrogen (secondary N) is 1. The molecule has 0 aromatic heterocycles. The minimum Gasteiger partial charge on any atom is -0.508 e. The molecule has 2 rings (SSSR count). The van der Waals surface area contributed by atoms with Gasteiger partial charge < -0.3 is 9.84 Å². The molecule has 2 aromatic rings. The first-order chi connectivity index (χ1) is 11.8. The van der Waals surface area contributed by atoms with E-state index in [1.54, 1.807) is 19.1 Å². The summed E-state index contributed by atoms with van der Waals surface area (Å²) in [6.45, 7) is 3.84. The number of hydrogen-bond acceptors (Lipinski definition) is 5. The number of ether oxygens (including phenoxy) is 1. The Morgan fingerprint density at radius 3 is 2.48 bits per heavy atom. The van der Waals surface area contributed by atoms with E-state index < -0.39 is 16.0 Å². The number of phenolic OH excluding ortho intramolecular Hbond substituents is 1. The number of hydrogen-bond donors (Lipinski definition) is 2. The van der Waals surface area contributed by atoms with E-state index in [0.29, 0.717) is 17.5 Å². The lowest BCUT2D eigenvalue weighted by Gasteiger charge is -2.10. The largest absolute Gasteiger partial charge is 0.508 e. The van der Waals surface area contributed by atoms with Crippen LogP contribution in [0.15, 0.2) is 47.4 Å². The summed E-state index contributed by atoms with van der Waals surface area (Å²) in [6.07, 6.45) is 0.355. The van der Waals surface area contributed by atoms with Crippen molar-refractivity contribution in [3.05, 3.63) is 59.2 Å². The van der Waals surface area contributed by atoms with Crippen LogP contribution in [0.2, 0.25) is 0 Å². The first kappa shape index (κ1) is 19.0. The standard InChI is InChI=1S/C18H21NO5S/c1-13-4-5-14(2)17(12-13)25(22,23)19-10-3-11-24-18(21)15-6-8-16(20)9-7-15/h4-9,12,19-20H,3,10-11H2,1-2H3. The molecule has 6 nitrogen and oxygen atoms in total. The number of sulfonamides is 1. The average molecular weight is 363 g/mol. The number of phenols is 1. The third-order valence-electron chi connectivity index (χ3n) is 3.58.